The maximum Gasteiger partial charge on any atom is 0.407 e. The fraction of sp³-hybridized carbons (Fsp3) is 0.636. The molecule has 0 bridgehead atoms. The number of ether oxygens (including phenoxy) is 2. The first-order valence-corrected chi connectivity index (χ1v) is 16.0. The van der Waals surface area contributed by atoms with Crippen LogP contribution < -0.4 is 15.4 Å². The van der Waals surface area contributed by atoms with E-state index in [0.717, 1.165) is 58.2 Å². The monoisotopic (exact) mass is 612 g/mol. The Morgan fingerprint density at radius 3 is 2.41 bits per heavy atom. The summed E-state index contributed by atoms with van der Waals surface area (Å²) >= 11 is 0. The molecule has 11 heteroatoms. The maximum absolute atomic E-state index is 14.2. The van der Waals surface area contributed by atoms with Gasteiger partial charge in [0.05, 0.1) is 11.8 Å². The minimum atomic E-state index is -0.500. The van der Waals surface area contributed by atoms with Crippen LogP contribution in [0.25, 0.3) is 0 Å². The molecular weight excluding hydrogens is 563 g/mol. The highest BCUT2D eigenvalue weighted by molar-refractivity contribution is 5.97. The lowest BCUT2D eigenvalue weighted by atomic mass is 9.85. The molecule has 0 radical (unpaired) electrons. The standard InChI is InChI=1S/C33H49FN6O4/c1-7-40(22(2)3)31(41)27-18-24(34)10-13-28(27)43-29-19-35-21-36-30(29)37-26-14-16-39(17-15-26)20-23-8-11-25(12-9-23)38-32(42)44-33(4,5)6/h10,13,18-19,21-23,25-26H,7-9,11-12,14-17,20H2,1-6H3,(H,38,42)(H,35,36,37). The number of likely N-dealkylation sites (tertiary alicyclic amines) is 1. The molecule has 10 nitrogen and oxygen atoms in total. The summed E-state index contributed by atoms with van der Waals surface area (Å²) in [6, 6.07) is 4.34. The fourth-order valence-corrected chi connectivity index (χ4v) is 6.06. The van der Waals surface area contributed by atoms with Crippen LogP contribution in [0.5, 0.6) is 11.5 Å². The molecule has 1 saturated heterocycles. The Bertz CT molecular complexity index is 1250. The van der Waals surface area contributed by atoms with Gasteiger partial charge in [0.2, 0.25) is 0 Å². The summed E-state index contributed by atoms with van der Waals surface area (Å²) in [5, 5.41) is 6.55. The number of halogens is 1. The molecule has 2 aliphatic rings. The second-order valence-corrected chi connectivity index (χ2v) is 13.2. The number of amides is 2. The molecule has 1 aliphatic carbocycles. The van der Waals surface area contributed by atoms with Crippen molar-refractivity contribution < 1.29 is 23.5 Å². The van der Waals surface area contributed by atoms with Crippen LogP contribution in [0.1, 0.15) is 90.4 Å². The Labute approximate surface area is 261 Å². The Balaban J connectivity index is 1.29. The third-order valence-corrected chi connectivity index (χ3v) is 8.31. The summed E-state index contributed by atoms with van der Waals surface area (Å²) in [4.78, 5) is 38.2. The topological polar surface area (TPSA) is 109 Å². The van der Waals surface area contributed by atoms with Crippen molar-refractivity contribution in [3.8, 4) is 11.5 Å². The molecule has 2 fully saturated rings. The van der Waals surface area contributed by atoms with Gasteiger partial charge in [0.15, 0.2) is 11.6 Å². The molecule has 44 heavy (non-hydrogen) atoms. The number of nitrogens with zero attached hydrogens (tertiary/aromatic N) is 4. The second-order valence-electron chi connectivity index (χ2n) is 13.2. The molecule has 2 aromatic rings. The first-order chi connectivity index (χ1) is 20.9. The van der Waals surface area contributed by atoms with Gasteiger partial charge < -0.3 is 29.9 Å². The molecule has 0 atom stereocenters. The highest BCUT2D eigenvalue weighted by atomic mass is 19.1. The molecule has 1 saturated carbocycles. The van der Waals surface area contributed by atoms with E-state index in [1.54, 1.807) is 11.1 Å². The molecule has 4 rings (SSSR count). The summed E-state index contributed by atoms with van der Waals surface area (Å²) in [5.41, 5.74) is -0.320. The zero-order valence-corrected chi connectivity index (χ0v) is 27.1. The first-order valence-electron chi connectivity index (χ1n) is 16.0. The van der Waals surface area contributed by atoms with Crippen molar-refractivity contribution in [2.75, 3.05) is 31.5 Å². The van der Waals surface area contributed by atoms with E-state index in [2.05, 4.69) is 25.5 Å². The molecule has 2 N–H and O–H groups in total. The van der Waals surface area contributed by atoms with Gasteiger partial charge in [0.25, 0.3) is 5.91 Å². The van der Waals surface area contributed by atoms with Gasteiger partial charge in [-0.05, 0) is 104 Å². The lowest BCUT2D eigenvalue weighted by Gasteiger charge is -2.37. The third kappa shape index (κ3) is 9.51. The Kier molecular flexibility index (Phi) is 11.4. The molecule has 242 valence electrons. The van der Waals surface area contributed by atoms with Gasteiger partial charge in [-0.25, -0.2) is 19.2 Å². The van der Waals surface area contributed by atoms with Crippen molar-refractivity contribution in [1.29, 1.82) is 0 Å². The highest BCUT2D eigenvalue weighted by Crippen LogP contribution is 2.32. The number of benzene rings is 1. The van der Waals surface area contributed by atoms with E-state index in [-0.39, 0.29) is 41.4 Å². The molecule has 0 spiro atoms. The predicted molar refractivity (Wildman–Crippen MR) is 169 cm³/mol. The number of carbonyl (C=O) groups is 2. The van der Waals surface area contributed by atoms with Gasteiger partial charge in [-0.15, -0.1) is 0 Å². The van der Waals surface area contributed by atoms with Crippen LogP contribution in [0.3, 0.4) is 0 Å². The number of hydrogen-bond donors (Lipinski definition) is 2. The smallest absolute Gasteiger partial charge is 0.407 e. The zero-order valence-electron chi connectivity index (χ0n) is 27.1. The molecule has 1 aliphatic heterocycles. The second kappa shape index (κ2) is 15.0. The molecule has 2 amide bonds. The van der Waals surface area contributed by atoms with Crippen LogP contribution in [-0.4, -0.2) is 81.7 Å². The minimum Gasteiger partial charge on any atom is -0.451 e. The zero-order chi connectivity index (χ0) is 31.9. The van der Waals surface area contributed by atoms with Gasteiger partial charge in [-0.1, -0.05) is 0 Å². The average Bonchev–Trinajstić information content (AvgIpc) is 2.96. The molecule has 2 heterocycles. The van der Waals surface area contributed by atoms with E-state index in [1.165, 1.54) is 24.5 Å². The molecule has 1 aromatic carbocycles. The predicted octanol–water partition coefficient (Wildman–Crippen LogP) is 6.24. The summed E-state index contributed by atoms with van der Waals surface area (Å²) in [5.74, 6) is 1.04. The highest BCUT2D eigenvalue weighted by Gasteiger charge is 2.28. The first kappa shape index (κ1) is 33.4. The number of rotatable bonds is 10. The number of alkyl carbamates (subject to hydrolysis) is 1. The van der Waals surface area contributed by atoms with Gasteiger partial charge in [0.1, 0.15) is 23.5 Å². The van der Waals surface area contributed by atoms with Crippen molar-refractivity contribution in [2.24, 2.45) is 5.92 Å². The summed E-state index contributed by atoms with van der Waals surface area (Å²) in [6.45, 7) is 14.9. The SMILES string of the molecule is CCN(C(=O)c1cc(F)ccc1Oc1cncnc1NC1CCN(CC2CCC(NC(=O)OC(C)(C)C)CC2)CC1)C(C)C. The maximum atomic E-state index is 14.2. The average molecular weight is 613 g/mol. The summed E-state index contributed by atoms with van der Waals surface area (Å²) in [6.07, 6.45) is 8.78. The molecular formula is C33H49FN6O4. The minimum absolute atomic E-state index is 0.0389. The molecule has 0 unspecified atom stereocenters. The van der Waals surface area contributed by atoms with Crippen LogP contribution in [0.2, 0.25) is 0 Å². The van der Waals surface area contributed by atoms with Crippen molar-refractivity contribution in [3.05, 3.63) is 42.1 Å². The van der Waals surface area contributed by atoms with Gasteiger partial charge in [0, 0.05) is 44.3 Å². The van der Waals surface area contributed by atoms with Crippen molar-refractivity contribution in [1.82, 2.24) is 25.1 Å². The van der Waals surface area contributed by atoms with E-state index < -0.39 is 11.4 Å². The Morgan fingerprint density at radius 1 is 1.07 bits per heavy atom. The van der Waals surface area contributed by atoms with Crippen molar-refractivity contribution in [2.45, 2.75) is 104 Å². The number of carbonyl (C=O) groups excluding carboxylic acids is 2. The summed E-state index contributed by atoms with van der Waals surface area (Å²) in [7, 11) is 0. The van der Waals surface area contributed by atoms with Crippen LogP contribution in [0, 0.1) is 11.7 Å². The van der Waals surface area contributed by atoms with E-state index >= 15 is 0 Å². The normalized spacial score (nSPS) is 19.8. The van der Waals surface area contributed by atoms with Crippen LogP contribution >= 0.6 is 0 Å². The number of aromatic nitrogens is 2. The van der Waals surface area contributed by atoms with Gasteiger partial charge in [-0.3, -0.25) is 4.79 Å². The van der Waals surface area contributed by atoms with Crippen LogP contribution in [0.15, 0.2) is 30.7 Å². The van der Waals surface area contributed by atoms with Crippen LogP contribution in [-0.2, 0) is 4.74 Å². The van der Waals surface area contributed by atoms with Crippen molar-refractivity contribution in [3.63, 3.8) is 0 Å². The lowest BCUT2D eigenvalue weighted by Crippen LogP contribution is -2.44. The quantitative estimate of drug-likeness (QED) is 0.325. The van der Waals surface area contributed by atoms with E-state index in [9.17, 15) is 14.0 Å². The van der Waals surface area contributed by atoms with E-state index in [1.807, 2.05) is 41.5 Å². The largest absolute Gasteiger partial charge is 0.451 e. The number of nitrogens with one attached hydrogen (secondary N) is 2. The lowest BCUT2D eigenvalue weighted by molar-refractivity contribution is 0.0482. The van der Waals surface area contributed by atoms with Gasteiger partial charge in [-0.2, -0.15) is 0 Å². The number of anilines is 1. The summed E-state index contributed by atoms with van der Waals surface area (Å²) < 4.78 is 25.8. The number of piperidine rings is 1. The number of hydrogen-bond acceptors (Lipinski definition) is 8. The van der Waals surface area contributed by atoms with Crippen LogP contribution in [0.4, 0.5) is 15.0 Å². The van der Waals surface area contributed by atoms with Crippen molar-refractivity contribution >= 4 is 17.8 Å². The Hall–Kier alpha value is -3.47. The Morgan fingerprint density at radius 2 is 1.77 bits per heavy atom. The van der Waals surface area contributed by atoms with Gasteiger partial charge >= 0.3 is 6.09 Å². The third-order valence-electron chi connectivity index (χ3n) is 8.31. The molecule has 1 aromatic heterocycles. The van der Waals surface area contributed by atoms with E-state index in [0.29, 0.717) is 24.0 Å². The van der Waals surface area contributed by atoms with E-state index in [4.69, 9.17) is 9.47 Å². The fourth-order valence-electron chi connectivity index (χ4n) is 6.06.